The zero-order chi connectivity index (χ0) is 20.6. The van der Waals surface area contributed by atoms with Gasteiger partial charge in [-0.3, -0.25) is 9.59 Å². The molecule has 3 rings (SSSR count). The summed E-state index contributed by atoms with van der Waals surface area (Å²) in [5.74, 6) is -0.877. The van der Waals surface area contributed by atoms with Crippen LogP contribution in [0, 0.1) is 0 Å². The first kappa shape index (κ1) is 20.6. The minimum atomic E-state index is -0.877. The summed E-state index contributed by atoms with van der Waals surface area (Å²) in [6.45, 7) is 0.411. The number of rotatable bonds is 8. The Balaban J connectivity index is 1.99. The Morgan fingerprint density at radius 2 is 1.66 bits per heavy atom. The smallest absolute Gasteiger partial charge is 0.303 e. The Kier molecular flexibility index (Phi) is 7.04. The molecule has 3 aromatic rings. The number of pyridine rings is 1. The van der Waals surface area contributed by atoms with Crippen LogP contribution in [-0.2, 0) is 17.8 Å². The maximum absolute atomic E-state index is 13.2. The monoisotopic (exact) mass is 407 g/mol. The summed E-state index contributed by atoms with van der Waals surface area (Å²) in [5, 5.41) is 9.43. The lowest BCUT2D eigenvalue weighted by molar-refractivity contribution is -0.137. The largest absolute Gasteiger partial charge is 0.481 e. The highest BCUT2D eigenvalue weighted by Crippen LogP contribution is 2.22. The average molecular weight is 408 g/mol. The molecule has 0 spiro atoms. The van der Waals surface area contributed by atoms with Gasteiger partial charge in [0.05, 0.1) is 11.6 Å². The number of carbonyl (C=O) groups is 1. The molecular weight excluding hydrogens is 386 g/mol. The van der Waals surface area contributed by atoms with E-state index in [2.05, 4.69) is 0 Å². The van der Waals surface area contributed by atoms with Gasteiger partial charge in [0.15, 0.2) is 0 Å². The van der Waals surface area contributed by atoms with E-state index >= 15 is 0 Å². The molecule has 0 saturated heterocycles. The third-order valence-corrected chi connectivity index (χ3v) is 4.93. The Bertz CT molecular complexity index is 1060. The van der Waals surface area contributed by atoms with E-state index < -0.39 is 5.97 Å². The molecule has 0 amide bonds. The lowest BCUT2D eigenvalue weighted by Crippen LogP contribution is -2.25. The van der Waals surface area contributed by atoms with Crippen molar-refractivity contribution in [1.29, 1.82) is 0 Å². The van der Waals surface area contributed by atoms with E-state index in [-0.39, 0.29) is 12.0 Å². The molecule has 0 saturated carbocycles. The number of aliphatic carboxylic acids is 1. The Morgan fingerprint density at radius 1 is 1.00 bits per heavy atom. The fraction of sp³-hybridized carbons (Fsp3) is 0.167. The molecule has 5 heteroatoms. The molecule has 29 heavy (non-hydrogen) atoms. The van der Waals surface area contributed by atoms with Gasteiger partial charge in [-0.15, -0.1) is 0 Å². The number of carboxylic acids is 1. The SMILES string of the molecule is O=C(O)CCCc1c(C=Cc2ccccc2)c(Cl)cn(Cc2ccccc2)c1=O. The van der Waals surface area contributed by atoms with Gasteiger partial charge in [-0.05, 0) is 24.0 Å². The molecule has 148 valence electrons. The van der Waals surface area contributed by atoms with E-state index in [0.29, 0.717) is 35.5 Å². The van der Waals surface area contributed by atoms with Crippen LogP contribution in [-0.4, -0.2) is 15.6 Å². The maximum Gasteiger partial charge on any atom is 0.303 e. The summed E-state index contributed by atoms with van der Waals surface area (Å²) >= 11 is 6.55. The molecule has 1 N–H and O–H groups in total. The van der Waals surface area contributed by atoms with Crippen molar-refractivity contribution < 1.29 is 9.90 Å². The number of nitrogens with zero attached hydrogens (tertiary/aromatic N) is 1. The quantitative estimate of drug-likeness (QED) is 0.563. The van der Waals surface area contributed by atoms with Crippen molar-refractivity contribution in [3.8, 4) is 0 Å². The number of aromatic nitrogens is 1. The van der Waals surface area contributed by atoms with Crippen LogP contribution in [0.5, 0.6) is 0 Å². The third kappa shape index (κ3) is 5.69. The second-order valence-electron chi connectivity index (χ2n) is 6.78. The molecular formula is C24H22ClNO3. The first-order valence-corrected chi connectivity index (χ1v) is 9.83. The van der Waals surface area contributed by atoms with Crippen molar-refractivity contribution >= 4 is 29.7 Å². The van der Waals surface area contributed by atoms with Gasteiger partial charge in [-0.25, -0.2) is 0 Å². The standard InChI is InChI=1S/C24H22ClNO3/c25-22-17-26(16-19-10-5-2-6-11-19)24(29)21(12-7-13-23(27)28)20(22)15-14-18-8-3-1-4-9-18/h1-6,8-11,14-15,17H,7,12-13,16H2,(H,27,28). The average Bonchev–Trinajstić information content (AvgIpc) is 2.72. The van der Waals surface area contributed by atoms with Gasteiger partial charge >= 0.3 is 5.97 Å². The highest BCUT2D eigenvalue weighted by molar-refractivity contribution is 6.32. The minimum Gasteiger partial charge on any atom is -0.481 e. The van der Waals surface area contributed by atoms with Gasteiger partial charge in [-0.2, -0.15) is 0 Å². The fourth-order valence-electron chi connectivity index (χ4n) is 3.18. The zero-order valence-electron chi connectivity index (χ0n) is 15.9. The number of halogens is 1. The lowest BCUT2D eigenvalue weighted by Gasteiger charge is -2.13. The van der Waals surface area contributed by atoms with E-state index in [0.717, 1.165) is 11.1 Å². The Labute approximate surface area is 174 Å². The molecule has 0 aliphatic carbocycles. The predicted octanol–water partition coefficient (Wildman–Crippen LogP) is 5.13. The number of hydrogen-bond acceptors (Lipinski definition) is 2. The molecule has 4 nitrogen and oxygen atoms in total. The van der Waals surface area contributed by atoms with Gasteiger partial charge in [0.1, 0.15) is 0 Å². The van der Waals surface area contributed by atoms with E-state index in [4.69, 9.17) is 16.7 Å². The molecule has 0 bridgehead atoms. The fourth-order valence-corrected chi connectivity index (χ4v) is 3.47. The zero-order valence-corrected chi connectivity index (χ0v) is 16.7. The highest BCUT2D eigenvalue weighted by Gasteiger charge is 2.14. The maximum atomic E-state index is 13.2. The van der Waals surface area contributed by atoms with Crippen LogP contribution in [0.4, 0.5) is 0 Å². The first-order valence-electron chi connectivity index (χ1n) is 9.45. The van der Waals surface area contributed by atoms with E-state index in [1.165, 1.54) is 0 Å². The summed E-state index contributed by atoms with van der Waals surface area (Å²) < 4.78 is 1.59. The van der Waals surface area contributed by atoms with Crippen LogP contribution < -0.4 is 5.56 Å². The van der Waals surface area contributed by atoms with E-state index in [1.54, 1.807) is 10.8 Å². The van der Waals surface area contributed by atoms with Crippen LogP contribution in [0.3, 0.4) is 0 Å². The van der Waals surface area contributed by atoms with Crippen molar-refractivity contribution in [3.63, 3.8) is 0 Å². The second kappa shape index (κ2) is 9.89. The summed E-state index contributed by atoms with van der Waals surface area (Å²) in [5.41, 5.74) is 3.04. The number of hydrogen-bond donors (Lipinski definition) is 1. The second-order valence-corrected chi connectivity index (χ2v) is 7.19. The molecule has 2 aromatic carbocycles. The van der Waals surface area contributed by atoms with Gasteiger partial charge in [0, 0.05) is 23.7 Å². The van der Waals surface area contributed by atoms with Crippen LogP contribution in [0.2, 0.25) is 5.02 Å². The van der Waals surface area contributed by atoms with E-state index in [1.807, 2.05) is 72.8 Å². The molecule has 0 aliphatic rings. The summed E-state index contributed by atoms with van der Waals surface area (Å²) in [4.78, 5) is 24.1. The highest BCUT2D eigenvalue weighted by atomic mass is 35.5. The molecule has 0 fully saturated rings. The summed E-state index contributed by atoms with van der Waals surface area (Å²) in [6.07, 6.45) is 6.14. The third-order valence-electron chi connectivity index (χ3n) is 4.63. The lowest BCUT2D eigenvalue weighted by atomic mass is 10.0. The molecule has 0 atom stereocenters. The van der Waals surface area contributed by atoms with Crippen molar-refractivity contribution in [2.24, 2.45) is 0 Å². The first-order chi connectivity index (χ1) is 14.0. The molecule has 1 aromatic heterocycles. The van der Waals surface area contributed by atoms with Gasteiger partial charge in [0.25, 0.3) is 5.56 Å². The topological polar surface area (TPSA) is 59.3 Å². The van der Waals surface area contributed by atoms with Crippen LogP contribution >= 0.6 is 11.6 Å². The Morgan fingerprint density at radius 3 is 2.31 bits per heavy atom. The number of benzene rings is 2. The number of carboxylic acid groups (broad SMARTS) is 1. The molecule has 0 unspecified atom stereocenters. The van der Waals surface area contributed by atoms with Crippen LogP contribution in [0.15, 0.2) is 71.7 Å². The molecule has 0 aliphatic heterocycles. The summed E-state index contributed by atoms with van der Waals surface area (Å²) in [6, 6.07) is 19.4. The van der Waals surface area contributed by atoms with Gasteiger partial charge in [0.2, 0.25) is 0 Å². The molecule has 0 radical (unpaired) electrons. The van der Waals surface area contributed by atoms with Crippen molar-refractivity contribution in [1.82, 2.24) is 4.57 Å². The minimum absolute atomic E-state index is 0.00643. The molecule has 1 heterocycles. The van der Waals surface area contributed by atoms with E-state index in [9.17, 15) is 9.59 Å². The van der Waals surface area contributed by atoms with Crippen LogP contribution in [0.25, 0.3) is 12.2 Å². The van der Waals surface area contributed by atoms with Gasteiger partial charge in [-0.1, -0.05) is 84.4 Å². The van der Waals surface area contributed by atoms with Gasteiger partial charge < -0.3 is 9.67 Å². The summed E-state index contributed by atoms with van der Waals surface area (Å²) in [7, 11) is 0. The van der Waals surface area contributed by atoms with Crippen molar-refractivity contribution in [2.45, 2.75) is 25.8 Å². The predicted molar refractivity (Wildman–Crippen MR) is 117 cm³/mol. The van der Waals surface area contributed by atoms with Crippen LogP contribution in [0.1, 0.15) is 35.1 Å². The Hall–Kier alpha value is -3.11. The normalized spacial score (nSPS) is 11.1. The van der Waals surface area contributed by atoms with Crippen molar-refractivity contribution in [3.05, 3.63) is 104 Å². The van der Waals surface area contributed by atoms with Crippen molar-refractivity contribution in [2.75, 3.05) is 0 Å².